The van der Waals surface area contributed by atoms with Gasteiger partial charge in [-0.15, -0.1) is 0 Å². The van der Waals surface area contributed by atoms with Crippen LogP contribution in [0.3, 0.4) is 0 Å². The zero-order chi connectivity index (χ0) is 23.7. The van der Waals surface area contributed by atoms with Crippen LogP contribution < -0.4 is 21.3 Å². The summed E-state index contributed by atoms with van der Waals surface area (Å²) in [4.78, 5) is 23.0. The number of amides is 1. The SMILES string of the molecule is CN=Cc1c(N)c(C(=O)Nc2cc(F)c3nc(C)cn3c2)cc(F)c1N1CCC(NC)CC1. The Labute approximate surface area is 190 Å². The Morgan fingerprint density at radius 1 is 1.24 bits per heavy atom. The lowest BCUT2D eigenvalue weighted by atomic mass is 9.99. The summed E-state index contributed by atoms with van der Waals surface area (Å²) in [6.45, 7) is 3.05. The molecule has 10 heteroatoms. The number of aliphatic imine (C=N–C) groups is 1. The van der Waals surface area contributed by atoms with E-state index in [0.717, 1.165) is 18.9 Å². The van der Waals surface area contributed by atoms with E-state index in [1.165, 1.54) is 22.9 Å². The Morgan fingerprint density at radius 3 is 2.64 bits per heavy atom. The van der Waals surface area contributed by atoms with Crippen molar-refractivity contribution in [2.75, 3.05) is 43.1 Å². The number of carbonyl (C=O) groups is 1. The monoisotopic (exact) mass is 455 g/mol. The van der Waals surface area contributed by atoms with Crippen molar-refractivity contribution < 1.29 is 13.6 Å². The third-order valence-electron chi connectivity index (χ3n) is 5.94. The normalized spacial score (nSPS) is 15.0. The lowest BCUT2D eigenvalue weighted by Crippen LogP contribution is -2.42. The molecule has 174 valence electrons. The lowest BCUT2D eigenvalue weighted by molar-refractivity contribution is 0.102. The Morgan fingerprint density at radius 2 is 1.97 bits per heavy atom. The maximum atomic E-state index is 15.3. The number of nitrogens with two attached hydrogens (primary N) is 1. The highest BCUT2D eigenvalue weighted by atomic mass is 19.1. The summed E-state index contributed by atoms with van der Waals surface area (Å²) in [5, 5.41) is 5.86. The molecule has 0 bridgehead atoms. The molecule has 8 nitrogen and oxygen atoms in total. The highest BCUT2D eigenvalue weighted by Crippen LogP contribution is 2.33. The van der Waals surface area contributed by atoms with Crippen LogP contribution in [0, 0.1) is 18.6 Å². The second-order valence-corrected chi connectivity index (χ2v) is 8.16. The van der Waals surface area contributed by atoms with Gasteiger partial charge in [0, 0.05) is 56.4 Å². The van der Waals surface area contributed by atoms with Gasteiger partial charge >= 0.3 is 0 Å². The van der Waals surface area contributed by atoms with Gasteiger partial charge in [0.2, 0.25) is 0 Å². The summed E-state index contributed by atoms with van der Waals surface area (Å²) in [6.07, 6.45) is 6.38. The number of nitrogens with zero attached hydrogens (tertiary/aromatic N) is 4. The third-order valence-corrected chi connectivity index (χ3v) is 5.94. The van der Waals surface area contributed by atoms with E-state index in [0.29, 0.717) is 36.1 Å². The standard InChI is InChI=1S/C23H27F2N7O/c1-13-11-32-12-15(8-19(25)22(32)29-13)30-23(33)16-9-18(24)21(17(10-27-2)20(16)26)31-6-4-14(28-3)5-7-31/h8-12,14,28H,4-7,26H2,1-3H3,(H,30,33). The van der Waals surface area contributed by atoms with Crippen molar-refractivity contribution >= 4 is 34.8 Å². The van der Waals surface area contributed by atoms with E-state index in [2.05, 4.69) is 20.6 Å². The average molecular weight is 456 g/mol. The molecule has 1 aromatic carbocycles. The molecule has 0 aliphatic carbocycles. The maximum Gasteiger partial charge on any atom is 0.257 e. The van der Waals surface area contributed by atoms with Crippen LogP contribution in [0.25, 0.3) is 5.65 Å². The second kappa shape index (κ2) is 9.14. The predicted molar refractivity (Wildman–Crippen MR) is 126 cm³/mol. The molecule has 0 radical (unpaired) electrons. The Bertz CT molecular complexity index is 1230. The molecular formula is C23H27F2N7O. The van der Waals surface area contributed by atoms with Crippen LogP contribution in [-0.4, -0.2) is 54.7 Å². The van der Waals surface area contributed by atoms with Gasteiger partial charge in [0.15, 0.2) is 11.5 Å². The van der Waals surface area contributed by atoms with E-state index in [-0.39, 0.29) is 22.6 Å². The molecule has 2 aromatic heterocycles. The first kappa shape index (κ1) is 22.7. The zero-order valence-corrected chi connectivity index (χ0v) is 18.8. The van der Waals surface area contributed by atoms with Crippen LogP contribution in [0.15, 0.2) is 29.5 Å². The van der Waals surface area contributed by atoms with Crippen LogP contribution >= 0.6 is 0 Å². The minimum atomic E-state index is -0.645. The summed E-state index contributed by atoms with van der Waals surface area (Å²) < 4.78 is 31.2. The van der Waals surface area contributed by atoms with E-state index in [1.807, 2.05) is 11.9 Å². The maximum absolute atomic E-state index is 15.3. The van der Waals surface area contributed by atoms with Crippen LogP contribution in [0.1, 0.15) is 34.5 Å². The van der Waals surface area contributed by atoms with Crippen molar-refractivity contribution in [2.24, 2.45) is 4.99 Å². The lowest BCUT2D eigenvalue weighted by Gasteiger charge is -2.35. The summed E-state index contributed by atoms with van der Waals surface area (Å²) in [7, 11) is 3.48. The molecule has 1 fully saturated rings. The van der Waals surface area contributed by atoms with E-state index < -0.39 is 17.5 Å². The number of hydrogen-bond donors (Lipinski definition) is 3. The molecule has 3 aromatic rings. The largest absolute Gasteiger partial charge is 0.397 e. The molecule has 1 saturated heterocycles. The summed E-state index contributed by atoms with van der Waals surface area (Å²) >= 11 is 0. The summed E-state index contributed by atoms with van der Waals surface area (Å²) in [5.41, 5.74) is 8.10. The van der Waals surface area contributed by atoms with E-state index in [9.17, 15) is 9.18 Å². The topological polar surface area (TPSA) is 100 Å². The number of pyridine rings is 1. The van der Waals surface area contributed by atoms with E-state index >= 15 is 4.39 Å². The van der Waals surface area contributed by atoms with Gasteiger partial charge in [0.1, 0.15) is 5.82 Å². The van der Waals surface area contributed by atoms with Gasteiger partial charge in [-0.05, 0) is 32.9 Å². The van der Waals surface area contributed by atoms with Crippen LogP contribution in [0.2, 0.25) is 0 Å². The van der Waals surface area contributed by atoms with Crippen LogP contribution in [-0.2, 0) is 0 Å². The third kappa shape index (κ3) is 4.38. The van der Waals surface area contributed by atoms with E-state index in [1.54, 1.807) is 20.2 Å². The number of aryl methyl sites for hydroxylation is 1. The molecule has 1 amide bonds. The fraction of sp³-hybridized carbons (Fsp3) is 0.348. The smallest absolute Gasteiger partial charge is 0.257 e. The number of imidazole rings is 1. The molecular weight excluding hydrogens is 428 g/mol. The number of anilines is 3. The summed E-state index contributed by atoms with van der Waals surface area (Å²) in [6, 6.07) is 2.68. The molecule has 33 heavy (non-hydrogen) atoms. The zero-order valence-electron chi connectivity index (χ0n) is 18.8. The number of nitrogen functional groups attached to an aromatic ring is 1. The van der Waals surface area contributed by atoms with Gasteiger partial charge < -0.3 is 25.7 Å². The molecule has 4 N–H and O–H groups in total. The predicted octanol–water partition coefficient (Wildman–Crippen LogP) is 2.99. The Balaban J connectivity index is 1.67. The number of carbonyl (C=O) groups excluding carboxylic acids is 1. The second-order valence-electron chi connectivity index (χ2n) is 8.16. The number of rotatable bonds is 5. The number of halogens is 2. The number of hydrogen-bond acceptors (Lipinski definition) is 6. The fourth-order valence-electron chi connectivity index (χ4n) is 4.28. The first-order chi connectivity index (χ1) is 15.8. The molecule has 0 unspecified atom stereocenters. The van der Waals surface area contributed by atoms with Crippen molar-refractivity contribution in [2.45, 2.75) is 25.8 Å². The molecule has 0 saturated carbocycles. The molecule has 1 aliphatic heterocycles. The highest BCUT2D eigenvalue weighted by molar-refractivity contribution is 6.11. The van der Waals surface area contributed by atoms with Crippen molar-refractivity contribution in [3.8, 4) is 0 Å². The Hall–Kier alpha value is -3.53. The Kier molecular flexibility index (Phi) is 6.28. The van der Waals surface area contributed by atoms with Crippen molar-refractivity contribution in [1.82, 2.24) is 14.7 Å². The molecule has 3 heterocycles. The number of nitrogens with one attached hydrogen (secondary N) is 2. The van der Waals surface area contributed by atoms with Crippen LogP contribution in [0.5, 0.6) is 0 Å². The first-order valence-electron chi connectivity index (χ1n) is 10.7. The first-order valence-corrected chi connectivity index (χ1v) is 10.7. The van der Waals surface area contributed by atoms with Gasteiger partial charge in [0.05, 0.1) is 28.3 Å². The minimum Gasteiger partial charge on any atom is -0.397 e. The minimum absolute atomic E-state index is 0.0430. The van der Waals surface area contributed by atoms with Gasteiger partial charge in [-0.2, -0.15) is 0 Å². The average Bonchev–Trinajstić information content (AvgIpc) is 3.17. The van der Waals surface area contributed by atoms with E-state index in [4.69, 9.17) is 5.73 Å². The number of fused-ring (bicyclic) bond motifs is 1. The van der Waals surface area contributed by atoms with Crippen LogP contribution in [0.4, 0.5) is 25.8 Å². The van der Waals surface area contributed by atoms with Crippen molar-refractivity contribution in [1.29, 1.82) is 0 Å². The highest BCUT2D eigenvalue weighted by Gasteiger charge is 2.26. The van der Waals surface area contributed by atoms with Crippen molar-refractivity contribution in [3.05, 3.63) is 53.0 Å². The molecule has 0 atom stereocenters. The van der Waals surface area contributed by atoms with Crippen molar-refractivity contribution in [3.63, 3.8) is 0 Å². The van der Waals surface area contributed by atoms with Gasteiger partial charge in [-0.25, -0.2) is 13.8 Å². The van der Waals surface area contributed by atoms with Gasteiger partial charge in [-0.1, -0.05) is 0 Å². The fourth-order valence-corrected chi connectivity index (χ4v) is 4.28. The summed E-state index contributed by atoms with van der Waals surface area (Å²) in [5.74, 6) is -1.79. The number of aromatic nitrogens is 2. The van der Waals surface area contributed by atoms with Gasteiger partial charge in [0.25, 0.3) is 5.91 Å². The molecule has 4 rings (SSSR count). The molecule has 1 aliphatic rings. The van der Waals surface area contributed by atoms with Gasteiger partial charge in [-0.3, -0.25) is 9.79 Å². The molecule has 0 spiro atoms. The number of piperidine rings is 1. The number of benzene rings is 1. The quantitative estimate of drug-likeness (QED) is 0.406.